The first-order valence-electron chi connectivity index (χ1n) is 8.46. The Morgan fingerprint density at radius 2 is 1.79 bits per heavy atom. The number of halogens is 3. The zero-order chi connectivity index (χ0) is 20.5. The van der Waals surface area contributed by atoms with E-state index in [1.54, 1.807) is 36.4 Å². The Balaban J connectivity index is 2.27. The average Bonchev–Trinajstić information content (AvgIpc) is 2.67. The van der Waals surface area contributed by atoms with E-state index >= 15 is 0 Å². The second kappa shape index (κ2) is 7.04. The third kappa shape index (κ3) is 3.11. The number of aryl methyl sites for hydroxylation is 1. The normalized spacial score (nSPS) is 19.8. The van der Waals surface area contributed by atoms with Crippen LogP contribution < -0.4 is 10.1 Å². The lowest BCUT2D eigenvalue weighted by atomic mass is 9.76. The molecule has 1 atom stereocenters. The van der Waals surface area contributed by atoms with Crippen LogP contribution in [0.25, 0.3) is 5.57 Å². The summed E-state index contributed by atoms with van der Waals surface area (Å²) < 4.78 is 48.3. The van der Waals surface area contributed by atoms with Gasteiger partial charge >= 0.3 is 6.18 Å². The van der Waals surface area contributed by atoms with Gasteiger partial charge in [0.2, 0.25) is 0 Å². The number of rotatable bonds is 3. The number of carbonyl (C=O) groups is 1. The van der Waals surface area contributed by atoms with Gasteiger partial charge in [0.05, 0.1) is 7.11 Å². The van der Waals surface area contributed by atoms with Crippen molar-refractivity contribution in [1.29, 1.82) is 5.26 Å². The lowest BCUT2D eigenvalue weighted by Gasteiger charge is -2.41. The van der Waals surface area contributed by atoms with Crippen molar-refractivity contribution in [3.8, 4) is 11.8 Å². The minimum Gasteiger partial charge on any atom is -0.496 e. The number of nitrogens with zero attached hydrogens (tertiary/aromatic N) is 1. The molecule has 0 fully saturated rings. The molecule has 0 bridgehead atoms. The Labute approximate surface area is 160 Å². The van der Waals surface area contributed by atoms with E-state index in [1.807, 2.05) is 12.2 Å². The molecular formula is C21H17F3N2O2. The second-order valence-corrected chi connectivity index (χ2v) is 6.57. The number of hydrogen-bond acceptors (Lipinski definition) is 3. The molecule has 2 aromatic rings. The predicted molar refractivity (Wildman–Crippen MR) is 97.2 cm³/mol. The molecule has 7 heteroatoms. The first-order valence-corrected chi connectivity index (χ1v) is 8.46. The van der Waals surface area contributed by atoms with Gasteiger partial charge in [0.25, 0.3) is 5.91 Å². The van der Waals surface area contributed by atoms with Gasteiger partial charge in [0.1, 0.15) is 17.4 Å². The minimum atomic E-state index is -4.83. The molecule has 1 unspecified atom stereocenters. The van der Waals surface area contributed by atoms with E-state index in [9.17, 15) is 23.2 Å². The number of para-hydroxylation sites is 1. The highest BCUT2D eigenvalue weighted by molar-refractivity contribution is 6.07. The van der Waals surface area contributed by atoms with Crippen molar-refractivity contribution in [2.24, 2.45) is 0 Å². The molecular weight excluding hydrogens is 369 g/mol. The molecule has 0 radical (unpaired) electrons. The van der Waals surface area contributed by atoms with Gasteiger partial charge < -0.3 is 10.1 Å². The number of carbonyl (C=O) groups excluding carboxylic acids is 1. The fourth-order valence-corrected chi connectivity index (χ4v) is 3.39. The fourth-order valence-electron chi connectivity index (χ4n) is 3.39. The highest BCUT2D eigenvalue weighted by Gasteiger charge is 2.60. The fraction of sp³-hybridized carbons (Fsp3) is 0.238. The van der Waals surface area contributed by atoms with Gasteiger partial charge in [-0.15, -0.1) is 0 Å². The Hall–Kier alpha value is -3.27. The van der Waals surface area contributed by atoms with Gasteiger partial charge in [-0.3, -0.25) is 4.79 Å². The monoisotopic (exact) mass is 386 g/mol. The molecule has 3 rings (SSSR count). The number of nitrogens with one attached hydrogen (secondary N) is 1. The van der Waals surface area contributed by atoms with Crippen LogP contribution in [0.3, 0.4) is 0 Å². The van der Waals surface area contributed by atoms with Crippen LogP contribution in [0.1, 0.15) is 23.1 Å². The van der Waals surface area contributed by atoms with Crippen molar-refractivity contribution in [3.63, 3.8) is 0 Å². The topological polar surface area (TPSA) is 62.1 Å². The van der Waals surface area contributed by atoms with E-state index in [4.69, 9.17) is 4.74 Å². The number of nitriles is 1. The lowest BCUT2D eigenvalue weighted by molar-refractivity contribution is -0.202. The number of hydrogen-bond donors (Lipinski definition) is 1. The van der Waals surface area contributed by atoms with Gasteiger partial charge in [-0.1, -0.05) is 48.0 Å². The maximum atomic E-state index is 14.4. The van der Waals surface area contributed by atoms with Crippen molar-refractivity contribution in [3.05, 3.63) is 70.8 Å². The third-order valence-electron chi connectivity index (χ3n) is 4.86. The van der Waals surface area contributed by atoms with Crippen LogP contribution in [0.2, 0.25) is 0 Å². The van der Waals surface area contributed by atoms with Gasteiger partial charge in [-0.05, 0) is 24.1 Å². The van der Waals surface area contributed by atoms with Crippen LogP contribution in [-0.4, -0.2) is 19.2 Å². The van der Waals surface area contributed by atoms with E-state index in [1.165, 1.54) is 25.3 Å². The third-order valence-corrected chi connectivity index (χ3v) is 4.86. The maximum Gasteiger partial charge on any atom is 0.416 e. The summed E-state index contributed by atoms with van der Waals surface area (Å²) >= 11 is 0. The Kier molecular flexibility index (Phi) is 4.90. The van der Waals surface area contributed by atoms with Crippen molar-refractivity contribution in [2.45, 2.75) is 25.1 Å². The van der Waals surface area contributed by atoms with E-state index in [-0.39, 0.29) is 22.5 Å². The average molecular weight is 386 g/mol. The molecule has 1 aliphatic heterocycles. The van der Waals surface area contributed by atoms with Crippen molar-refractivity contribution in [2.75, 3.05) is 7.11 Å². The molecule has 0 aliphatic carbocycles. The molecule has 0 spiro atoms. The minimum absolute atomic E-state index is 0.00351. The predicted octanol–water partition coefficient (Wildman–Crippen LogP) is 4.26. The molecule has 1 amide bonds. The lowest BCUT2D eigenvalue weighted by Crippen LogP contribution is -2.58. The van der Waals surface area contributed by atoms with E-state index in [2.05, 4.69) is 0 Å². The van der Waals surface area contributed by atoms with Gasteiger partial charge in [-0.2, -0.15) is 18.4 Å². The number of benzene rings is 2. The quantitative estimate of drug-likeness (QED) is 0.858. The largest absolute Gasteiger partial charge is 0.496 e. The highest BCUT2D eigenvalue weighted by Crippen LogP contribution is 2.50. The van der Waals surface area contributed by atoms with E-state index < -0.39 is 24.0 Å². The molecule has 4 nitrogen and oxygen atoms in total. The molecule has 144 valence electrons. The molecule has 0 saturated carbocycles. The summed E-state index contributed by atoms with van der Waals surface area (Å²) in [6.45, 7) is 1.84. The van der Waals surface area contributed by atoms with Gasteiger partial charge in [0.15, 0.2) is 5.54 Å². The van der Waals surface area contributed by atoms with Gasteiger partial charge in [-0.25, -0.2) is 0 Å². The zero-order valence-electron chi connectivity index (χ0n) is 15.2. The smallest absolute Gasteiger partial charge is 0.416 e. The summed E-state index contributed by atoms with van der Waals surface area (Å²) in [5, 5.41) is 11.5. The SMILES string of the molecule is COc1ccccc1C1(C(F)(F)F)CC(c2ccc(C)cc2)=C(C#N)C(=O)N1. The first-order chi connectivity index (χ1) is 13.2. The molecule has 2 aromatic carbocycles. The maximum absolute atomic E-state index is 14.4. The van der Waals surface area contributed by atoms with Gasteiger partial charge in [0, 0.05) is 12.0 Å². The van der Waals surface area contributed by atoms with E-state index in [0.717, 1.165) is 5.56 Å². The summed E-state index contributed by atoms with van der Waals surface area (Å²) in [4.78, 5) is 12.6. The number of amides is 1. The number of methoxy groups -OCH3 is 1. The van der Waals surface area contributed by atoms with Crippen molar-refractivity contribution < 1.29 is 22.7 Å². The molecule has 0 aromatic heterocycles. The van der Waals surface area contributed by atoms with E-state index in [0.29, 0.717) is 5.56 Å². The van der Waals surface area contributed by atoms with Crippen molar-refractivity contribution >= 4 is 11.5 Å². The van der Waals surface area contributed by atoms with Crippen molar-refractivity contribution in [1.82, 2.24) is 5.32 Å². The molecule has 1 aliphatic rings. The summed E-state index contributed by atoms with van der Waals surface area (Å²) in [5.74, 6) is -1.06. The van der Waals surface area contributed by atoms with Crippen LogP contribution in [0.5, 0.6) is 5.75 Å². The molecule has 0 saturated heterocycles. The summed E-state index contributed by atoms with van der Waals surface area (Å²) in [5.41, 5.74) is -1.87. The Morgan fingerprint density at radius 3 is 2.36 bits per heavy atom. The zero-order valence-corrected chi connectivity index (χ0v) is 15.2. The summed E-state index contributed by atoms with van der Waals surface area (Å²) in [6.07, 6.45) is -5.44. The molecule has 1 heterocycles. The highest BCUT2D eigenvalue weighted by atomic mass is 19.4. The molecule has 28 heavy (non-hydrogen) atoms. The molecule has 1 N–H and O–H groups in total. The van der Waals surface area contributed by atoms with Crippen LogP contribution in [0.4, 0.5) is 13.2 Å². The number of ether oxygens (including phenoxy) is 1. The first kappa shape index (κ1) is 19.5. The standard InChI is InChI=1S/C21H17F3N2O2/c1-13-7-9-14(10-8-13)15-11-20(21(22,23)24,26-19(27)16(15)12-25)17-5-3-4-6-18(17)28-2/h3-10H,11H2,1-2H3,(H,26,27). The van der Waals surface area contributed by atoms with Crippen LogP contribution in [-0.2, 0) is 10.3 Å². The summed E-state index contributed by atoms with van der Waals surface area (Å²) in [7, 11) is 1.27. The summed E-state index contributed by atoms with van der Waals surface area (Å²) in [6, 6.07) is 14.1. The second-order valence-electron chi connectivity index (χ2n) is 6.57. The van der Waals surface area contributed by atoms with Crippen LogP contribution in [0, 0.1) is 18.3 Å². The Morgan fingerprint density at radius 1 is 1.14 bits per heavy atom. The van der Waals surface area contributed by atoms with Crippen LogP contribution in [0.15, 0.2) is 54.1 Å². The number of alkyl halides is 3. The Bertz CT molecular complexity index is 988. The van der Waals surface area contributed by atoms with Crippen LogP contribution >= 0.6 is 0 Å².